The van der Waals surface area contributed by atoms with E-state index in [0.717, 1.165) is 32.4 Å². The minimum atomic E-state index is -0.279. The Labute approximate surface area is 127 Å². The third-order valence-corrected chi connectivity index (χ3v) is 5.49. The number of nitrogens with zero attached hydrogens (tertiary/aromatic N) is 1. The Kier molecular flexibility index (Phi) is 3.53. The van der Waals surface area contributed by atoms with E-state index in [9.17, 15) is 5.11 Å². The van der Waals surface area contributed by atoms with Crippen LogP contribution in [0.1, 0.15) is 51.2 Å². The molecule has 1 aromatic carbocycles. The standard InChI is InChI=1S/C18H27NO2/c1-5-16-18(8-10-19(4)11-9-18)15-12-13(20)6-7-14(15)17(2,3)21-16/h6-7,12,16,20H,5,8-11H2,1-4H3/t16-/m0/s1. The largest absolute Gasteiger partial charge is 0.508 e. The summed E-state index contributed by atoms with van der Waals surface area (Å²) in [6.07, 6.45) is 3.46. The van der Waals surface area contributed by atoms with Gasteiger partial charge >= 0.3 is 0 Å². The van der Waals surface area contributed by atoms with Gasteiger partial charge in [-0.25, -0.2) is 0 Å². The van der Waals surface area contributed by atoms with E-state index in [-0.39, 0.29) is 17.1 Å². The fourth-order valence-electron chi connectivity index (χ4n) is 4.26. The van der Waals surface area contributed by atoms with Crippen LogP contribution in [0, 0.1) is 0 Å². The number of phenols is 1. The summed E-state index contributed by atoms with van der Waals surface area (Å²) in [6, 6.07) is 5.84. The van der Waals surface area contributed by atoms with Gasteiger partial charge in [0.2, 0.25) is 0 Å². The Morgan fingerprint density at radius 2 is 1.90 bits per heavy atom. The number of rotatable bonds is 1. The molecule has 1 spiro atoms. The van der Waals surface area contributed by atoms with Crippen LogP contribution in [0.4, 0.5) is 0 Å². The molecule has 21 heavy (non-hydrogen) atoms. The predicted molar refractivity (Wildman–Crippen MR) is 84.7 cm³/mol. The van der Waals surface area contributed by atoms with E-state index in [1.807, 2.05) is 6.07 Å². The number of benzene rings is 1. The zero-order chi connectivity index (χ0) is 15.3. The van der Waals surface area contributed by atoms with Crippen LogP contribution >= 0.6 is 0 Å². The first-order chi connectivity index (χ1) is 9.89. The smallest absolute Gasteiger partial charge is 0.115 e. The molecular formula is C18H27NO2. The molecule has 0 aliphatic carbocycles. The van der Waals surface area contributed by atoms with E-state index < -0.39 is 0 Å². The van der Waals surface area contributed by atoms with Gasteiger partial charge in [0.1, 0.15) is 5.75 Å². The number of phenolic OH excluding ortho intramolecular Hbond substituents is 1. The zero-order valence-electron chi connectivity index (χ0n) is 13.6. The van der Waals surface area contributed by atoms with Crippen LogP contribution in [-0.2, 0) is 15.8 Å². The van der Waals surface area contributed by atoms with Gasteiger partial charge in [-0.15, -0.1) is 0 Å². The van der Waals surface area contributed by atoms with Crippen LogP contribution in [0.15, 0.2) is 18.2 Å². The molecule has 0 unspecified atom stereocenters. The van der Waals surface area contributed by atoms with E-state index in [4.69, 9.17) is 4.74 Å². The van der Waals surface area contributed by atoms with Crippen molar-refractivity contribution in [2.75, 3.05) is 20.1 Å². The normalized spacial score (nSPS) is 27.5. The van der Waals surface area contributed by atoms with E-state index in [1.165, 1.54) is 11.1 Å². The molecule has 1 aromatic rings. The highest BCUT2D eigenvalue weighted by Crippen LogP contribution is 2.51. The second-order valence-electron chi connectivity index (χ2n) is 7.21. The quantitative estimate of drug-likeness (QED) is 0.860. The van der Waals surface area contributed by atoms with Gasteiger partial charge in [0, 0.05) is 5.41 Å². The molecular weight excluding hydrogens is 262 g/mol. The van der Waals surface area contributed by atoms with Crippen LogP contribution in [0.2, 0.25) is 0 Å². The lowest BCUT2D eigenvalue weighted by atomic mass is 9.63. The third kappa shape index (κ3) is 2.27. The van der Waals surface area contributed by atoms with Gasteiger partial charge in [0.15, 0.2) is 0 Å². The first-order valence-electron chi connectivity index (χ1n) is 8.09. The summed E-state index contributed by atoms with van der Waals surface area (Å²) in [5.41, 5.74) is 2.34. The molecule has 0 saturated carbocycles. The monoisotopic (exact) mass is 289 g/mol. The van der Waals surface area contributed by atoms with Crippen LogP contribution in [-0.4, -0.2) is 36.2 Å². The molecule has 3 rings (SSSR count). The minimum Gasteiger partial charge on any atom is -0.508 e. The van der Waals surface area contributed by atoms with Crippen LogP contribution in [0.5, 0.6) is 5.75 Å². The number of piperidine rings is 1. The topological polar surface area (TPSA) is 32.7 Å². The number of aromatic hydroxyl groups is 1. The van der Waals surface area contributed by atoms with Crippen molar-refractivity contribution in [2.45, 2.75) is 57.2 Å². The summed E-state index contributed by atoms with van der Waals surface area (Å²) in [5.74, 6) is 0.375. The van der Waals surface area contributed by atoms with Crippen molar-refractivity contribution in [2.24, 2.45) is 0 Å². The summed E-state index contributed by atoms with van der Waals surface area (Å²) in [6.45, 7) is 8.69. The number of hydrogen-bond donors (Lipinski definition) is 1. The fourth-order valence-corrected chi connectivity index (χ4v) is 4.26. The summed E-state index contributed by atoms with van der Waals surface area (Å²) in [4.78, 5) is 2.39. The number of fused-ring (bicyclic) bond motifs is 2. The van der Waals surface area contributed by atoms with Gasteiger partial charge in [0.05, 0.1) is 11.7 Å². The van der Waals surface area contributed by atoms with Gasteiger partial charge in [-0.05, 0) is 76.5 Å². The first kappa shape index (κ1) is 14.9. The van der Waals surface area contributed by atoms with Gasteiger partial charge < -0.3 is 14.7 Å². The average Bonchev–Trinajstić information content (AvgIpc) is 2.45. The van der Waals surface area contributed by atoms with E-state index in [0.29, 0.717) is 5.75 Å². The van der Waals surface area contributed by atoms with E-state index in [1.54, 1.807) is 6.07 Å². The Morgan fingerprint density at radius 1 is 1.24 bits per heavy atom. The zero-order valence-corrected chi connectivity index (χ0v) is 13.6. The molecule has 2 heterocycles. The van der Waals surface area contributed by atoms with Gasteiger partial charge in [-0.2, -0.15) is 0 Å². The Morgan fingerprint density at radius 3 is 2.52 bits per heavy atom. The molecule has 0 bridgehead atoms. The molecule has 1 fully saturated rings. The van der Waals surface area contributed by atoms with Gasteiger partial charge in [0.25, 0.3) is 0 Å². The molecule has 3 heteroatoms. The molecule has 3 nitrogen and oxygen atoms in total. The maximum Gasteiger partial charge on any atom is 0.115 e. The van der Waals surface area contributed by atoms with Gasteiger partial charge in [-0.3, -0.25) is 0 Å². The lowest BCUT2D eigenvalue weighted by Crippen LogP contribution is -2.55. The van der Waals surface area contributed by atoms with Crippen molar-refractivity contribution in [1.29, 1.82) is 0 Å². The summed E-state index contributed by atoms with van der Waals surface area (Å²) >= 11 is 0. The molecule has 0 radical (unpaired) electrons. The Balaban J connectivity index is 2.15. The molecule has 1 atom stereocenters. The minimum absolute atomic E-state index is 0.0604. The highest BCUT2D eigenvalue weighted by Gasteiger charge is 2.50. The number of ether oxygens (including phenoxy) is 1. The van der Waals surface area contributed by atoms with Crippen molar-refractivity contribution in [3.8, 4) is 5.75 Å². The second kappa shape index (κ2) is 4.99. The maximum absolute atomic E-state index is 10.0. The second-order valence-corrected chi connectivity index (χ2v) is 7.21. The molecule has 2 aliphatic rings. The Bertz CT molecular complexity index is 530. The predicted octanol–water partition coefficient (Wildman–Crippen LogP) is 3.40. The van der Waals surface area contributed by atoms with Crippen LogP contribution < -0.4 is 0 Å². The summed E-state index contributed by atoms with van der Waals surface area (Å²) < 4.78 is 6.52. The van der Waals surface area contributed by atoms with E-state index in [2.05, 4.69) is 38.8 Å². The highest BCUT2D eigenvalue weighted by molar-refractivity contribution is 5.46. The average molecular weight is 289 g/mol. The van der Waals surface area contributed by atoms with Crippen LogP contribution in [0.25, 0.3) is 0 Å². The number of hydrogen-bond acceptors (Lipinski definition) is 3. The third-order valence-electron chi connectivity index (χ3n) is 5.49. The van der Waals surface area contributed by atoms with Gasteiger partial charge in [-0.1, -0.05) is 13.0 Å². The molecule has 0 aromatic heterocycles. The molecule has 2 aliphatic heterocycles. The summed E-state index contributed by atoms with van der Waals surface area (Å²) in [7, 11) is 2.19. The molecule has 116 valence electrons. The van der Waals surface area contributed by atoms with Crippen molar-refractivity contribution >= 4 is 0 Å². The Hall–Kier alpha value is -1.06. The molecule has 0 amide bonds. The van der Waals surface area contributed by atoms with Crippen molar-refractivity contribution in [3.63, 3.8) is 0 Å². The van der Waals surface area contributed by atoms with E-state index >= 15 is 0 Å². The first-order valence-corrected chi connectivity index (χ1v) is 8.09. The maximum atomic E-state index is 10.0. The lowest BCUT2D eigenvalue weighted by molar-refractivity contribution is -0.137. The highest BCUT2D eigenvalue weighted by atomic mass is 16.5. The van der Waals surface area contributed by atoms with Crippen LogP contribution in [0.3, 0.4) is 0 Å². The van der Waals surface area contributed by atoms with Crippen molar-refractivity contribution < 1.29 is 9.84 Å². The van der Waals surface area contributed by atoms with Crippen molar-refractivity contribution in [1.82, 2.24) is 4.90 Å². The lowest BCUT2D eigenvalue weighted by Gasteiger charge is -2.53. The SMILES string of the molecule is CC[C@@H]1OC(C)(C)c2ccc(O)cc2C12CCN(C)CC2. The fraction of sp³-hybridized carbons (Fsp3) is 0.667. The molecule has 1 saturated heterocycles. The number of likely N-dealkylation sites (tertiary alicyclic amines) is 1. The molecule has 1 N–H and O–H groups in total. The van der Waals surface area contributed by atoms with Crippen molar-refractivity contribution in [3.05, 3.63) is 29.3 Å². The summed E-state index contributed by atoms with van der Waals surface area (Å²) in [5, 5.41) is 10.0.